The van der Waals surface area contributed by atoms with Gasteiger partial charge in [-0.15, -0.1) is 0 Å². The molecule has 0 bridgehead atoms. The summed E-state index contributed by atoms with van der Waals surface area (Å²) in [5, 5.41) is 15.0. The Labute approximate surface area is 129 Å². The predicted molar refractivity (Wildman–Crippen MR) is 87.4 cm³/mol. The van der Waals surface area contributed by atoms with Crippen LogP contribution in [0.3, 0.4) is 0 Å². The van der Waals surface area contributed by atoms with Crippen LogP contribution in [0.2, 0.25) is 0 Å². The molecule has 4 N–H and O–H groups in total. The summed E-state index contributed by atoms with van der Waals surface area (Å²) in [6.45, 7) is 10.9. The first kappa shape index (κ1) is 19.7. The molecule has 0 aliphatic carbocycles. The molecule has 0 unspecified atom stereocenters. The van der Waals surface area contributed by atoms with Crippen molar-refractivity contribution in [2.75, 3.05) is 6.54 Å². The fourth-order valence-electron chi connectivity index (χ4n) is 2.58. The van der Waals surface area contributed by atoms with E-state index in [2.05, 4.69) is 31.2 Å². The van der Waals surface area contributed by atoms with Gasteiger partial charge in [0.15, 0.2) is 5.84 Å². The van der Waals surface area contributed by atoms with E-state index in [1.807, 2.05) is 13.8 Å². The molecule has 5 heteroatoms. The maximum atomic E-state index is 12.5. The van der Waals surface area contributed by atoms with E-state index in [-0.39, 0.29) is 17.2 Å². The van der Waals surface area contributed by atoms with Crippen LogP contribution in [0, 0.1) is 10.8 Å². The van der Waals surface area contributed by atoms with E-state index in [9.17, 15) is 4.79 Å². The van der Waals surface area contributed by atoms with Crippen LogP contribution in [-0.2, 0) is 4.79 Å². The van der Waals surface area contributed by atoms with Gasteiger partial charge in [-0.2, -0.15) is 0 Å². The van der Waals surface area contributed by atoms with Gasteiger partial charge in [0.2, 0.25) is 5.91 Å². The van der Waals surface area contributed by atoms with Gasteiger partial charge in [0.1, 0.15) is 5.41 Å². The number of oxime groups is 1. The van der Waals surface area contributed by atoms with Gasteiger partial charge in [-0.05, 0) is 24.7 Å². The standard InChI is InChI=1S/C16H33N3O2/c1-6-9-10-11-15(4,5)12-18-14(20)16(7-2,8-3)13(17)19-21/h21H,6-12H2,1-5H3,(H2,17,19)(H,18,20). The molecule has 0 aromatic heterocycles. The normalized spacial score (nSPS) is 13.3. The molecular formula is C16H33N3O2. The molecule has 0 heterocycles. The summed E-state index contributed by atoms with van der Waals surface area (Å²) < 4.78 is 0. The molecule has 0 fully saturated rings. The molecule has 0 saturated carbocycles. The van der Waals surface area contributed by atoms with Crippen LogP contribution in [0.1, 0.15) is 73.1 Å². The van der Waals surface area contributed by atoms with Gasteiger partial charge in [0, 0.05) is 6.54 Å². The average Bonchev–Trinajstić information content (AvgIpc) is 2.46. The van der Waals surface area contributed by atoms with Crippen LogP contribution >= 0.6 is 0 Å². The maximum absolute atomic E-state index is 12.5. The van der Waals surface area contributed by atoms with Gasteiger partial charge < -0.3 is 16.3 Å². The van der Waals surface area contributed by atoms with Crippen LogP contribution in [0.5, 0.6) is 0 Å². The second kappa shape index (κ2) is 8.90. The average molecular weight is 299 g/mol. The Morgan fingerprint density at radius 2 is 1.76 bits per heavy atom. The molecule has 0 spiro atoms. The summed E-state index contributed by atoms with van der Waals surface area (Å²) in [6.07, 6.45) is 5.70. The number of nitrogens with one attached hydrogen (secondary N) is 1. The zero-order chi connectivity index (χ0) is 16.5. The van der Waals surface area contributed by atoms with Gasteiger partial charge in [-0.25, -0.2) is 0 Å². The SMILES string of the molecule is CCCCCC(C)(C)CNC(=O)C(CC)(CC)C(N)=NO. The van der Waals surface area contributed by atoms with Gasteiger partial charge in [0.25, 0.3) is 0 Å². The molecule has 0 radical (unpaired) electrons. The zero-order valence-electron chi connectivity index (χ0n) is 14.3. The molecule has 0 aliphatic heterocycles. The lowest BCUT2D eigenvalue weighted by molar-refractivity contribution is -0.128. The van der Waals surface area contributed by atoms with E-state index in [0.29, 0.717) is 19.4 Å². The third kappa shape index (κ3) is 5.56. The molecular weight excluding hydrogens is 266 g/mol. The van der Waals surface area contributed by atoms with Crippen molar-refractivity contribution in [1.82, 2.24) is 5.32 Å². The highest BCUT2D eigenvalue weighted by molar-refractivity contribution is 6.06. The minimum atomic E-state index is -0.908. The van der Waals surface area contributed by atoms with Crippen LogP contribution in [0.15, 0.2) is 5.16 Å². The number of carbonyl (C=O) groups is 1. The van der Waals surface area contributed by atoms with Gasteiger partial charge in [0.05, 0.1) is 0 Å². The minimum absolute atomic E-state index is 0.00575. The molecule has 1 amide bonds. The first-order chi connectivity index (χ1) is 9.79. The highest BCUT2D eigenvalue weighted by Gasteiger charge is 2.40. The first-order valence-corrected chi connectivity index (χ1v) is 8.06. The topological polar surface area (TPSA) is 87.7 Å². The van der Waals surface area contributed by atoms with Crippen molar-refractivity contribution in [3.8, 4) is 0 Å². The van der Waals surface area contributed by atoms with Gasteiger partial charge in [-0.1, -0.05) is 59.0 Å². The van der Waals surface area contributed by atoms with Crippen LogP contribution in [0.25, 0.3) is 0 Å². The van der Waals surface area contributed by atoms with E-state index < -0.39 is 5.41 Å². The van der Waals surface area contributed by atoms with Crippen LogP contribution in [0.4, 0.5) is 0 Å². The monoisotopic (exact) mass is 299 g/mol. The van der Waals surface area contributed by atoms with Crippen molar-refractivity contribution in [3.63, 3.8) is 0 Å². The Morgan fingerprint density at radius 1 is 1.19 bits per heavy atom. The van der Waals surface area contributed by atoms with Gasteiger partial charge >= 0.3 is 0 Å². The van der Waals surface area contributed by atoms with E-state index in [4.69, 9.17) is 10.9 Å². The number of carbonyl (C=O) groups excluding carboxylic acids is 1. The first-order valence-electron chi connectivity index (χ1n) is 8.06. The van der Waals surface area contributed by atoms with Crippen molar-refractivity contribution >= 4 is 11.7 Å². The Kier molecular flexibility index (Phi) is 8.37. The number of nitrogens with zero attached hydrogens (tertiary/aromatic N) is 1. The molecule has 0 aliphatic rings. The van der Waals surface area contributed by atoms with Crippen LogP contribution < -0.4 is 11.1 Å². The Hall–Kier alpha value is -1.26. The molecule has 0 aromatic carbocycles. The van der Waals surface area contributed by atoms with Crippen molar-refractivity contribution in [2.24, 2.45) is 21.7 Å². The smallest absolute Gasteiger partial charge is 0.233 e. The van der Waals surface area contributed by atoms with E-state index in [1.54, 1.807) is 0 Å². The van der Waals surface area contributed by atoms with Crippen LogP contribution in [-0.4, -0.2) is 23.5 Å². The number of nitrogens with two attached hydrogens (primary N) is 1. The van der Waals surface area contributed by atoms with Crippen molar-refractivity contribution in [2.45, 2.75) is 73.1 Å². The Balaban J connectivity index is 4.72. The summed E-state index contributed by atoms with van der Waals surface area (Å²) >= 11 is 0. The lowest BCUT2D eigenvalue weighted by Crippen LogP contribution is -2.51. The number of hydrogen-bond acceptors (Lipinski definition) is 3. The fourth-order valence-corrected chi connectivity index (χ4v) is 2.58. The molecule has 21 heavy (non-hydrogen) atoms. The van der Waals surface area contributed by atoms with E-state index in [1.165, 1.54) is 19.3 Å². The molecule has 0 atom stereocenters. The third-order valence-electron chi connectivity index (χ3n) is 4.42. The second-order valence-electron chi connectivity index (χ2n) is 6.58. The highest BCUT2D eigenvalue weighted by Crippen LogP contribution is 2.28. The zero-order valence-corrected chi connectivity index (χ0v) is 14.3. The summed E-state index contributed by atoms with van der Waals surface area (Å²) in [5.41, 5.74) is 4.90. The van der Waals surface area contributed by atoms with E-state index >= 15 is 0 Å². The number of hydrogen-bond donors (Lipinski definition) is 3. The van der Waals surface area contributed by atoms with Crippen molar-refractivity contribution in [3.05, 3.63) is 0 Å². The minimum Gasteiger partial charge on any atom is -0.409 e. The summed E-state index contributed by atoms with van der Waals surface area (Å²) in [5.74, 6) is -0.153. The van der Waals surface area contributed by atoms with Crippen molar-refractivity contribution in [1.29, 1.82) is 0 Å². The summed E-state index contributed by atoms with van der Waals surface area (Å²) in [6, 6.07) is 0. The Bertz CT molecular complexity index is 347. The van der Waals surface area contributed by atoms with Gasteiger partial charge in [-0.3, -0.25) is 4.79 Å². The number of amides is 1. The summed E-state index contributed by atoms with van der Waals surface area (Å²) in [7, 11) is 0. The highest BCUT2D eigenvalue weighted by atomic mass is 16.4. The molecule has 0 saturated heterocycles. The molecule has 5 nitrogen and oxygen atoms in total. The molecule has 0 aromatic rings. The largest absolute Gasteiger partial charge is 0.409 e. The predicted octanol–water partition coefficient (Wildman–Crippen LogP) is 3.26. The number of unbranched alkanes of at least 4 members (excludes halogenated alkanes) is 2. The quantitative estimate of drug-likeness (QED) is 0.190. The molecule has 124 valence electrons. The third-order valence-corrected chi connectivity index (χ3v) is 4.42. The maximum Gasteiger partial charge on any atom is 0.233 e. The number of rotatable bonds is 10. The number of amidine groups is 1. The fraction of sp³-hybridized carbons (Fsp3) is 0.875. The van der Waals surface area contributed by atoms with Crippen molar-refractivity contribution < 1.29 is 10.0 Å². The summed E-state index contributed by atoms with van der Waals surface area (Å²) in [4.78, 5) is 12.5. The molecule has 0 rings (SSSR count). The Morgan fingerprint density at radius 3 is 2.19 bits per heavy atom. The lowest BCUT2D eigenvalue weighted by atomic mass is 9.79. The van der Waals surface area contributed by atoms with E-state index in [0.717, 1.165) is 6.42 Å². The second-order valence-corrected chi connectivity index (χ2v) is 6.58. The lowest BCUT2D eigenvalue weighted by Gasteiger charge is -2.31.